The van der Waals surface area contributed by atoms with E-state index in [1.807, 2.05) is 18.2 Å². The van der Waals surface area contributed by atoms with Crippen LogP contribution in [0.4, 0.5) is 0 Å². The van der Waals surface area contributed by atoms with Gasteiger partial charge < -0.3 is 5.11 Å². The minimum Gasteiger partial charge on any atom is -0.508 e. The predicted molar refractivity (Wildman–Crippen MR) is 50.2 cm³/mol. The largest absolute Gasteiger partial charge is 0.508 e. The van der Waals surface area contributed by atoms with Crippen molar-refractivity contribution in [3.63, 3.8) is 0 Å². The summed E-state index contributed by atoms with van der Waals surface area (Å²) in [7, 11) is 0. The summed E-state index contributed by atoms with van der Waals surface area (Å²) in [6, 6.07) is 7.47. The first-order valence-corrected chi connectivity index (χ1v) is 4.79. The molecule has 1 nitrogen and oxygen atoms in total. The van der Waals surface area contributed by atoms with Crippen molar-refractivity contribution in [2.75, 3.05) is 5.33 Å². The van der Waals surface area contributed by atoms with Gasteiger partial charge in [-0.15, -0.1) is 0 Å². The molecule has 1 aromatic carbocycles. The monoisotopic (exact) mass is 214 g/mol. The van der Waals surface area contributed by atoms with Gasteiger partial charge in [0, 0.05) is 5.33 Å². The number of phenolic OH excluding ortho intramolecular Hbond substituents is 1. The van der Waals surface area contributed by atoms with Crippen LogP contribution < -0.4 is 0 Å². The summed E-state index contributed by atoms with van der Waals surface area (Å²) in [5.74, 6) is 0.411. The Kier molecular flexibility index (Phi) is 3.43. The maximum Gasteiger partial charge on any atom is 0.118 e. The van der Waals surface area contributed by atoms with Gasteiger partial charge in [0.2, 0.25) is 0 Å². The van der Waals surface area contributed by atoms with E-state index in [1.165, 1.54) is 0 Å². The third-order valence-corrected chi connectivity index (χ3v) is 2.13. The Labute approximate surface area is 75.2 Å². The number of para-hydroxylation sites is 1. The molecule has 0 aliphatic rings. The van der Waals surface area contributed by atoms with Crippen LogP contribution in [-0.2, 0) is 6.42 Å². The first-order valence-electron chi connectivity index (χ1n) is 3.67. The number of aryl methyl sites for hydroxylation is 1. The molecule has 0 heterocycles. The fourth-order valence-electron chi connectivity index (χ4n) is 0.979. The van der Waals surface area contributed by atoms with Crippen molar-refractivity contribution >= 4 is 15.9 Å². The molecule has 0 aromatic heterocycles. The van der Waals surface area contributed by atoms with Gasteiger partial charge in [0.05, 0.1) is 0 Å². The number of benzene rings is 1. The van der Waals surface area contributed by atoms with Crippen molar-refractivity contribution in [3.05, 3.63) is 29.8 Å². The fourth-order valence-corrected chi connectivity index (χ4v) is 1.26. The average Bonchev–Trinajstić information content (AvgIpc) is 2.03. The Morgan fingerprint density at radius 2 is 2.00 bits per heavy atom. The summed E-state index contributed by atoms with van der Waals surface area (Å²) in [6.07, 6.45) is 2.01. The van der Waals surface area contributed by atoms with Gasteiger partial charge in [-0.05, 0) is 24.5 Å². The number of hydrogen-bond acceptors (Lipinski definition) is 1. The van der Waals surface area contributed by atoms with Crippen molar-refractivity contribution < 1.29 is 5.11 Å². The predicted octanol–water partition coefficient (Wildman–Crippen LogP) is 2.72. The van der Waals surface area contributed by atoms with Crippen molar-refractivity contribution in [1.82, 2.24) is 0 Å². The van der Waals surface area contributed by atoms with Gasteiger partial charge in [-0.3, -0.25) is 0 Å². The van der Waals surface area contributed by atoms with Crippen molar-refractivity contribution in [2.45, 2.75) is 12.8 Å². The smallest absolute Gasteiger partial charge is 0.118 e. The molecule has 0 spiro atoms. The molecule has 0 aliphatic carbocycles. The van der Waals surface area contributed by atoms with Crippen molar-refractivity contribution in [3.8, 4) is 5.75 Å². The zero-order valence-corrected chi connectivity index (χ0v) is 7.84. The first-order chi connectivity index (χ1) is 5.34. The van der Waals surface area contributed by atoms with Crippen LogP contribution in [0, 0.1) is 0 Å². The molecule has 0 unspecified atom stereocenters. The summed E-state index contributed by atoms with van der Waals surface area (Å²) in [4.78, 5) is 0. The molecule has 11 heavy (non-hydrogen) atoms. The molecule has 1 rings (SSSR count). The number of phenols is 1. The minimum atomic E-state index is 0.411. The summed E-state index contributed by atoms with van der Waals surface area (Å²) in [5, 5.41) is 10.3. The van der Waals surface area contributed by atoms with E-state index in [2.05, 4.69) is 15.9 Å². The van der Waals surface area contributed by atoms with Crippen LogP contribution in [0.15, 0.2) is 24.3 Å². The molecule has 0 fully saturated rings. The van der Waals surface area contributed by atoms with E-state index in [0.717, 1.165) is 23.7 Å². The lowest BCUT2D eigenvalue weighted by atomic mass is 10.1. The Morgan fingerprint density at radius 3 is 2.64 bits per heavy atom. The summed E-state index contributed by atoms with van der Waals surface area (Å²) in [6.45, 7) is 0. The molecule has 1 N–H and O–H groups in total. The standard InChI is InChI=1S/C9H11BrO/c10-7-3-5-8-4-1-2-6-9(8)11/h1-2,4,6,11H,3,5,7H2. The van der Waals surface area contributed by atoms with Gasteiger partial charge in [-0.25, -0.2) is 0 Å². The van der Waals surface area contributed by atoms with E-state index in [4.69, 9.17) is 0 Å². The lowest BCUT2D eigenvalue weighted by molar-refractivity contribution is 0.468. The lowest BCUT2D eigenvalue weighted by Crippen LogP contribution is -1.85. The highest BCUT2D eigenvalue weighted by atomic mass is 79.9. The Morgan fingerprint density at radius 1 is 1.27 bits per heavy atom. The molecule has 0 saturated heterocycles. The van der Waals surface area contributed by atoms with E-state index in [9.17, 15) is 5.11 Å². The van der Waals surface area contributed by atoms with E-state index in [0.29, 0.717) is 5.75 Å². The molecular weight excluding hydrogens is 204 g/mol. The van der Waals surface area contributed by atoms with Gasteiger partial charge in [0.1, 0.15) is 5.75 Å². The van der Waals surface area contributed by atoms with Crippen LogP contribution in [-0.4, -0.2) is 10.4 Å². The second kappa shape index (κ2) is 4.39. The second-order valence-corrected chi connectivity index (χ2v) is 3.21. The molecular formula is C9H11BrO. The number of halogens is 1. The molecule has 0 bridgehead atoms. The zero-order chi connectivity index (χ0) is 8.10. The molecule has 2 heteroatoms. The van der Waals surface area contributed by atoms with E-state index >= 15 is 0 Å². The van der Waals surface area contributed by atoms with Crippen LogP contribution in [0.3, 0.4) is 0 Å². The van der Waals surface area contributed by atoms with E-state index in [1.54, 1.807) is 6.07 Å². The van der Waals surface area contributed by atoms with Crippen LogP contribution in [0.1, 0.15) is 12.0 Å². The normalized spacial score (nSPS) is 9.91. The van der Waals surface area contributed by atoms with Crippen LogP contribution >= 0.6 is 15.9 Å². The maximum atomic E-state index is 9.32. The number of rotatable bonds is 3. The average molecular weight is 215 g/mol. The van der Waals surface area contributed by atoms with Crippen molar-refractivity contribution in [2.24, 2.45) is 0 Å². The maximum absolute atomic E-state index is 9.32. The van der Waals surface area contributed by atoms with Crippen LogP contribution in [0.25, 0.3) is 0 Å². The highest BCUT2D eigenvalue weighted by Crippen LogP contribution is 2.17. The van der Waals surface area contributed by atoms with E-state index in [-0.39, 0.29) is 0 Å². The Hall–Kier alpha value is -0.500. The molecule has 60 valence electrons. The third-order valence-electron chi connectivity index (χ3n) is 1.57. The molecule has 0 amide bonds. The van der Waals surface area contributed by atoms with Gasteiger partial charge in [0.15, 0.2) is 0 Å². The molecule has 0 radical (unpaired) electrons. The van der Waals surface area contributed by atoms with Gasteiger partial charge in [0.25, 0.3) is 0 Å². The SMILES string of the molecule is Oc1ccccc1CCCBr. The minimum absolute atomic E-state index is 0.411. The topological polar surface area (TPSA) is 20.2 Å². The highest BCUT2D eigenvalue weighted by molar-refractivity contribution is 9.09. The Balaban J connectivity index is 2.62. The van der Waals surface area contributed by atoms with Gasteiger partial charge in [-0.1, -0.05) is 34.1 Å². The molecule has 1 aromatic rings. The van der Waals surface area contributed by atoms with Gasteiger partial charge in [-0.2, -0.15) is 0 Å². The van der Waals surface area contributed by atoms with E-state index < -0.39 is 0 Å². The fraction of sp³-hybridized carbons (Fsp3) is 0.333. The summed E-state index contributed by atoms with van der Waals surface area (Å²) in [5.41, 5.74) is 1.03. The first kappa shape index (κ1) is 8.60. The van der Waals surface area contributed by atoms with Crippen LogP contribution in [0.2, 0.25) is 0 Å². The highest BCUT2D eigenvalue weighted by Gasteiger charge is 1.96. The number of aromatic hydroxyl groups is 1. The Bertz CT molecular complexity index is 223. The second-order valence-electron chi connectivity index (χ2n) is 2.42. The summed E-state index contributed by atoms with van der Waals surface area (Å²) < 4.78 is 0. The molecule has 0 aliphatic heterocycles. The molecule has 0 atom stereocenters. The number of hydrogen-bond donors (Lipinski definition) is 1. The zero-order valence-electron chi connectivity index (χ0n) is 6.26. The number of alkyl halides is 1. The third kappa shape index (κ3) is 2.54. The van der Waals surface area contributed by atoms with Crippen LogP contribution in [0.5, 0.6) is 5.75 Å². The quantitative estimate of drug-likeness (QED) is 0.768. The summed E-state index contributed by atoms with van der Waals surface area (Å²) >= 11 is 3.35. The van der Waals surface area contributed by atoms with Crippen molar-refractivity contribution in [1.29, 1.82) is 0 Å². The molecule has 0 saturated carbocycles. The van der Waals surface area contributed by atoms with Gasteiger partial charge >= 0.3 is 0 Å². The lowest BCUT2D eigenvalue weighted by Gasteiger charge is -2.00.